The molecule has 0 aliphatic heterocycles. The summed E-state index contributed by atoms with van der Waals surface area (Å²) in [7, 11) is 0. The van der Waals surface area contributed by atoms with E-state index in [1.165, 1.54) is 12.1 Å². The first-order valence-corrected chi connectivity index (χ1v) is 5.26. The SMILES string of the molecule is CCC/C=N\Nc1ccc([N+](=O)[O-])cc1[N+](=O)[O-]. The van der Waals surface area contributed by atoms with Gasteiger partial charge in [0.2, 0.25) is 0 Å². The molecule has 0 bridgehead atoms. The number of unbranched alkanes of at least 4 members (excludes halogenated alkanes) is 1. The van der Waals surface area contributed by atoms with Crippen molar-refractivity contribution in [1.29, 1.82) is 0 Å². The molecule has 0 aliphatic carbocycles. The number of anilines is 1. The molecule has 0 unspecified atom stereocenters. The number of nitrogens with one attached hydrogen (secondary N) is 1. The minimum Gasteiger partial charge on any atom is -0.272 e. The smallest absolute Gasteiger partial charge is 0.272 e. The highest BCUT2D eigenvalue weighted by atomic mass is 16.6. The third-order valence-corrected chi connectivity index (χ3v) is 2.08. The van der Waals surface area contributed by atoms with Gasteiger partial charge in [0, 0.05) is 12.3 Å². The van der Waals surface area contributed by atoms with E-state index < -0.39 is 9.85 Å². The van der Waals surface area contributed by atoms with Gasteiger partial charge in [0.1, 0.15) is 5.69 Å². The molecule has 0 atom stereocenters. The monoisotopic (exact) mass is 252 g/mol. The van der Waals surface area contributed by atoms with Crippen LogP contribution in [0.1, 0.15) is 19.8 Å². The van der Waals surface area contributed by atoms with Gasteiger partial charge in [-0.05, 0) is 12.5 Å². The zero-order valence-electron chi connectivity index (χ0n) is 9.70. The fourth-order valence-electron chi connectivity index (χ4n) is 1.19. The number of benzene rings is 1. The highest BCUT2D eigenvalue weighted by Crippen LogP contribution is 2.28. The summed E-state index contributed by atoms with van der Waals surface area (Å²) in [5.74, 6) is 0. The molecule has 0 amide bonds. The Morgan fingerprint density at radius 3 is 2.61 bits per heavy atom. The molecule has 8 heteroatoms. The molecule has 0 fully saturated rings. The van der Waals surface area contributed by atoms with Crippen molar-refractivity contribution in [3.05, 3.63) is 38.4 Å². The van der Waals surface area contributed by atoms with Crippen LogP contribution in [0.4, 0.5) is 17.1 Å². The summed E-state index contributed by atoms with van der Waals surface area (Å²) in [5, 5.41) is 25.1. The van der Waals surface area contributed by atoms with Crippen LogP contribution in [0.2, 0.25) is 0 Å². The molecule has 0 radical (unpaired) electrons. The second kappa shape index (κ2) is 6.28. The van der Waals surface area contributed by atoms with Crippen LogP contribution in [0, 0.1) is 20.2 Å². The van der Waals surface area contributed by atoms with E-state index in [9.17, 15) is 20.2 Å². The second-order valence-electron chi connectivity index (χ2n) is 3.43. The van der Waals surface area contributed by atoms with Gasteiger partial charge in [-0.1, -0.05) is 13.3 Å². The Hall–Kier alpha value is -2.51. The van der Waals surface area contributed by atoms with Crippen LogP contribution in [0.15, 0.2) is 23.3 Å². The summed E-state index contributed by atoms with van der Waals surface area (Å²) in [6.45, 7) is 1.97. The molecular weight excluding hydrogens is 240 g/mol. The van der Waals surface area contributed by atoms with Crippen molar-refractivity contribution in [2.24, 2.45) is 5.10 Å². The van der Waals surface area contributed by atoms with Crippen molar-refractivity contribution in [3.63, 3.8) is 0 Å². The molecule has 0 saturated carbocycles. The van der Waals surface area contributed by atoms with Crippen molar-refractivity contribution >= 4 is 23.3 Å². The van der Waals surface area contributed by atoms with Gasteiger partial charge in [-0.15, -0.1) is 0 Å². The van der Waals surface area contributed by atoms with Crippen molar-refractivity contribution < 1.29 is 9.85 Å². The molecule has 96 valence electrons. The molecule has 8 nitrogen and oxygen atoms in total. The maximum absolute atomic E-state index is 10.8. The Kier molecular flexibility index (Phi) is 4.73. The van der Waals surface area contributed by atoms with Crippen LogP contribution in [-0.4, -0.2) is 16.1 Å². The van der Waals surface area contributed by atoms with Crippen LogP contribution >= 0.6 is 0 Å². The first kappa shape index (κ1) is 13.6. The van der Waals surface area contributed by atoms with Gasteiger partial charge in [-0.3, -0.25) is 25.7 Å². The van der Waals surface area contributed by atoms with Crippen LogP contribution < -0.4 is 5.43 Å². The molecule has 18 heavy (non-hydrogen) atoms. The van der Waals surface area contributed by atoms with Crippen LogP contribution in [0.25, 0.3) is 0 Å². The third-order valence-electron chi connectivity index (χ3n) is 2.08. The first-order chi connectivity index (χ1) is 8.56. The zero-order chi connectivity index (χ0) is 13.5. The maximum Gasteiger partial charge on any atom is 0.301 e. The van der Waals surface area contributed by atoms with Gasteiger partial charge in [0.05, 0.1) is 15.9 Å². The normalized spacial score (nSPS) is 10.5. The van der Waals surface area contributed by atoms with Crippen molar-refractivity contribution in [2.75, 3.05) is 5.43 Å². The molecule has 0 aliphatic rings. The lowest BCUT2D eigenvalue weighted by Gasteiger charge is -2.01. The van der Waals surface area contributed by atoms with Crippen LogP contribution in [-0.2, 0) is 0 Å². The quantitative estimate of drug-likeness (QED) is 0.475. The lowest BCUT2D eigenvalue weighted by molar-refractivity contribution is -0.393. The highest BCUT2D eigenvalue weighted by molar-refractivity contribution is 5.67. The topological polar surface area (TPSA) is 111 Å². The summed E-state index contributed by atoms with van der Waals surface area (Å²) in [5.41, 5.74) is 1.92. The molecular formula is C10H12N4O4. The third kappa shape index (κ3) is 3.51. The van der Waals surface area contributed by atoms with E-state index in [1.807, 2.05) is 6.92 Å². The number of nitrogens with zero attached hydrogens (tertiary/aromatic N) is 3. The Balaban J connectivity index is 2.97. The maximum atomic E-state index is 10.8. The Morgan fingerprint density at radius 2 is 2.06 bits per heavy atom. The number of hydrogen-bond acceptors (Lipinski definition) is 6. The Bertz CT molecular complexity index is 487. The number of nitro groups is 2. The van der Waals surface area contributed by atoms with Crippen LogP contribution in [0.5, 0.6) is 0 Å². The van der Waals surface area contributed by atoms with E-state index in [2.05, 4.69) is 10.5 Å². The van der Waals surface area contributed by atoms with Crippen LogP contribution in [0.3, 0.4) is 0 Å². The fraction of sp³-hybridized carbons (Fsp3) is 0.300. The Labute approximate surface area is 103 Å². The number of rotatable bonds is 6. The van der Waals surface area contributed by atoms with E-state index >= 15 is 0 Å². The first-order valence-electron chi connectivity index (χ1n) is 5.26. The van der Waals surface area contributed by atoms with Gasteiger partial charge >= 0.3 is 5.69 Å². The number of nitro benzene ring substituents is 2. The standard InChI is InChI=1S/C10H12N4O4/c1-2-3-6-11-12-9-5-4-8(13(15)16)7-10(9)14(17)18/h4-7,12H,2-3H2,1H3/b11-6-. The minimum absolute atomic E-state index is 0.123. The average molecular weight is 252 g/mol. The van der Waals surface area contributed by atoms with E-state index in [0.717, 1.165) is 18.9 Å². The number of hydrogen-bond donors (Lipinski definition) is 1. The summed E-state index contributed by atoms with van der Waals surface area (Å²) in [6, 6.07) is 3.35. The molecule has 0 heterocycles. The average Bonchev–Trinajstić information content (AvgIpc) is 2.34. The van der Waals surface area contributed by atoms with Gasteiger partial charge in [0.15, 0.2) is 0 Å². The second-order valence-corrected chi connectivity index (χ2v) is 3.43. The van der Waals surface area contributed by atoms with Crippen molar-refractivity contribution in [2.45, 2.75) is 19.8 Å². The number of non-ortho nitro benzene ring substituents is 1. The van der Waals surface area contributed by atoms with Gasteiger partial charge in [-0.2, -0.15) is 5.10 Å². The molecule has 1 aromatic rings. The molecule has 0 saturated heterocycles. The van der Waals surface area contributed by atoms with Gasteiger partial charge in [0.25, 0.3) is 5.69 Å². The zero-order valence-corrected chi connectivity index (χ0v) is 9.70. The molecule has 0 aromatic heterocycles. The summed E-state index contributed by atoms with van der Waals surface area (Å²) in [4.78, 5) is 19.9. The van der Waals surface area contributed by atoms with E-state index in [1.54, 1.807) is 6.21 Å². The lowest BCUT2D eigenvalue weighted by atomic mass is 10.2. The molecule has 0 spiro atoms. The summed E-state index contributed by atoms with van der Waals surface area (Å²) < 4.78 is 0. The number of hydrazone groups is 1. The van der Waals surface area contributed by atoms with Crippen molar-refractivity contribution in [1.82, 2.24) is 0 Å². The van der Waals surface area contributed by atoms with E-state index in [4.69, 9.17) is 0 Å². The Morgan fingerprint density at radius 1 is 1.33 bits per heavy atom. The van der Waals surface area contributed by atoms with E-state index in [0.29, 0.717) is 0 Å². The molecule has 1 aromatic carbocycles. The highest BCUT2D eigenvalue weighted by Gasteiger charge is 2.18. The summed E-state index contributed by atoms with van der Waals surface area (Å²) >= 11 is 0. The molecule has 1 rings (SSSR count). The van der Waals surface area contributed by atoms with Gasteiger partial charge < -0.3 is 0 Å². The predicted molar refractivity (Wildman–Crippen MR) is 66.8 cm³/mol. The van der Waals surface area contributed by atoms with Gasteiger partial charge in [-0.25, -0.2) is 0 Å². The lowest BCUT2D eigenvalue weighted by Crippen LogP contribution is -1.98. The van der Waals surface area contributed by atoms with E-state index in [-0.39, 0.29) is 17.1 Å². The minimum atomic E-state index is -0.690. The predicted octanol–water partition coefficient (Wildman–Crippen LogP) is 2.70. The largest absolute Gasteiger partial charge is 0.301 e. The molecule has 1 N–H and O–H groups in total. The fourth-order valence-corrected chi connectivity index (χ4v) is 1.19. The van der Waals surface area contributed by atoms with Crippen molar-refractivity contribution in [3.8, 4) is 0 Å². The summed E-state index contributed by atoms with van der Waals surface area (Å²) in [6.07, 6.45) is 3.24.